The highest BCUT2D eigenvalue weighted by molar-refractivity contribution is 6.31. The minimum atomic E-state index is -4.93. The summed E-state index contributed by atoms with van der Waals surface area (Å²) in [7, 11) is 0. The van der Waals surface area contributed by atoms with Gasteiger partial charge in [0.15, 0.2) is 5.82 Å². The van der Waals surface area contributed by atoms with Gasteiger partial charge in [-0.05, 0) is 24.3 Å². The molecule has 0 aliphatic heterocycles. The zero-order chi connectivity index (χ0) is 21.5. The standard InChI is InChI=1S/C18H11ClF4N6O/c19-12-6-5-11(18(21,22)23)15(16(12)20)17(30)25-10-7-24-28(8-10)9-29-14-4-2-1-3-13(14)26-27-29/h1-8H,9H2,(H,25,30). The molecular weight excluding hydrogens is 428 g/mol. The first-order valence-electron chi connectivity index (χ1n) is 8.41. The number of carbonyl (C=O) groups excluding carboxylic acids is 1. The SMILES string of the molecule is O=C(Nc1cnn(Cn2nnc3ccccc32)c1)c1c(C(F)(F)F)ccc(Cl)c1F. The second-order valence-electron chi connectivity index (χ2n) is 6.22. The predicted octanol–water partition coefficient (Wildman–Crippen LogP) is 4.20. The average molecular weight is 439 g/mol. The van der Waals surface area contributed by atoms with Crippen LogP contribution in [0, 0.1) is 5.82 Å². The van der Waals surface area contributed by atoms with E-state index >= 15 is 0 Å². The molecule has 30 heavy (non-hydrogen) atoms. The van der Waals surface area contributed by atoms with E-state index in [0.29, 0.717) is 11.6 Å². The highest BCUT2D eigenvalue weighted by atomic mass is 35.5. The molecule has 0 unspecified atom stereocenters. The summed E-state index contributed by atoms with van der Waals surface area (Å²) in [6.45, 7) is 0.135. The summed E-state index contributed by atoms with van der Waals surface area (Å²) >= 11 is 5.56. The number of anilines is 1. The number of alkyl halides is 3. The molecule has 1 N–H and O–H groups in total. The smallest absolute Gasteiger partial charge is 0.319 e. The Labute approximate surface area is 170 Å². The van der Waals surface area contributed by atoms with Crippen molar-refractivity contribution in [1.29, 1.82) is 0 Å². The Balaban J connectivity index is 1.57. The number of nitrogens with one attached hydrogen (secondary N) is 1. The second kappa shape index (κ2) is 7.41. The molecule has 154 valence electrons. The largest absolute Gasteiger partial charge is 0.417 e. The van der Waals surface area contributed by atoms with Gasteiger partial charge in [0.05, 0.1) is 39.7 Å². The average Bonchev–Trinajstić information content (AvgIpc) is 3.30. The molecule has 0 saturated carbocycles. The van der Waals surface area contributed by atoms with E-state index in [-0.39, 0.29) is 12.4 Å². The van der Waals surface area contributed by atoms with Crippen LogP contribution >= 0.6 is 11.6 Å². The summed E-state index contributed by atoms with van der Waals surface area (Å²) in [6, 6.07) is 8.52. The molecule has 2 aromatic carbocycles. The summed E-state index contributed by atoms with van der Waals surface area (Å²) in [4.78, 5) is 12.4. The molecule has 2 aromatic heterocycles. The van der Waals surface area contributed by atoms with E-state index in [0.717, 1.165) is 11.6 Å². The maximum atomic E-state index is 14.2. The van der Waals surface area contributed by atoms with Crippen LogP contribution in [-0.4, -0.2) is 30.7 Å². The first-order valence-corrected chi connectivity index (χ1v) is 8.79. The fourth-order valence-electron chi connectivity index (χ4n) is 2.87. The third-order valence-corrected chi connectivity index (χ3v) is 4.51. The van der Waals surface area contributed by atoms with E-state index in [9.17, 15) is 22.4 Å². The second-order valence-corrected chi connectivity index (χ2v) is 6.63. The van der Waals surface area contributed by atoms with Gasteiger partial charge in [-0.3, -0.25) is 4.79 Å². The highest BCUT2D eigenvalue weighted by Gasteiger charge is 2.37. The van der Waals surface area contributed by atoms with Crippen molar-refractivity contribution in [1.82, 2.24) is 24.8 Å². The zero-order valence-corrected chi connectivity index (χ0v) is 15.6. The Bertz CT molecular complexity index is 1250. The molecule has 4 aromatic rings. The van der Waals surface area contributed by atoms with Crippen molar-refractivity contribution in [2.24, 2.45) is 0 Å². The lowest BCUT2D eigenvalue weighted by Crippen LogP contribution is -2.20. The summed E-state index contributed by atoms with van der Waals surface area (Å²) in [6.07, 6.45) is -2.35. The zero-order valence-electron chi connectivity index (χ0n) is 14.9. The monoisotopic (exact) mass is 438 g/mol. The van der Waals surface area contributed by atoms with Crippen molar-refractivity contribution in [2.45, 2.75) is 12.8 Å². The lowest BCUT2D eigenvalue weighted by Gasteiger charge is -2.13. The van der Waals surface area contributed by atoms with E-state index in [2.05, 4.69) is 20.7 Å². The molecule has 7 nitrogen and oxygen atoms in total. The number of fused-ring (bicyclic) bond motifs is 1. The number of aromatic nitrogens is 5. The number of nitrogens with zero attached hydrogens (tertiary/aromatic N) is 5. The van der Waals surface area contributed by atoms with E-state index in [1.165, 1.54) is 17.1 Å². The van der Waals surface area contributed by atoms with Gasteiger partial charge >= 0.3 is 6.18 Å². The number of rotatable bonds is 4. The number of carbonyl (C=O) groups is 1. The van der Waals surface area contributed by atoms with Gasteiger partial charge in [-0.2, -0.15) is 18.3 Å². The van der Waals surface area contributed by atoms with Crippen LogP contribution in [0.1, 0.15) is 15.9 Å². The van der Waals surface area contributed by atoms with E-state index in [1.54, 1.807) is 10.7 Å². The van der Waals surface area contributed by atoms with Crippen LogP contribution in [0.4, 0.5) is 23.2 Å². The maximum absolute atomic E-state index is 14.2. The van der Waals surface area contributed by atoms with Gasteiger partial charge in [-0.1, -0.05) is 28.9 Å². The molecular formula is C18H11ClF4N6O. The summed E-state index contributed by atoms with van der Waals surface area (Å²) in [5.74, 6) is -2.75. The molecule has 0 radical (unpaired) electrons. The molecule has 0 aliphatic carbocycles. The summed E-state index contributed by atoms with van der Waals surface area (Å²) in [5, 5.41) is 13.6. The Morgan fingerprint density at radius 3 is 2.70 bits per heavy atom. The van der Waals surface area contributed by atoms with Gasteiger partial charge in [-0.25, -0.2) is 13.8 Å². The molecule has 2 heterocycles. The third kappa shape index (κ3) is 3.71. The first-order chi connectivity index (χ1) is 14.2. The van der Waals surface area contributed by atoms with Crippen molar-refractivity contribution in [2.75, 3.05) is 5.32 Å². The van der Waals surface area contributed by atoms with E-state index < -0.39 is 34.1 Å². The number of benzene rings is 2. The van der Waals surface area contributed by atoms with Crippen LogP contribution in [0.15, 0.2) is 48.8 Å². The predicted molar refractivity (Wildman–Crippen MR) is 99.5 cm³/mol. The first kappa shape index (κ1) is 19.8. The number of para-hydroxylation sites is 1. The van der Waals surface area contributed by atoms with E-state index in [1.807, 2.05) is 18.2 Å². The van der Waals surface area contributed by atoms with Crippen molar-refractivity contribution in [3.05, 3.63) is 70.8 Å². The minimum absolute atomic E-state index is 0.0666. The van der Waals surface area contributed by atoms with Crippen LogP contribution in [0.2, 0.25) is 5.02 Å². The van der Waals surface area contributed by atoms with Crippen molar-refractivity contribution in [3.8, 4) is 0 Å². The quantitative estimate of drug-likeness (QED) is 0.484. The van der Waals surface area contributed by atoms with Crippen molar-refractivity contribution in [3.63, 3.8) is 0 Å². The Morgan fingerprint density at radius 1 is 1.17 bits per heavy atom. The molecule has 0 fully saturated rings. The molecule has 0 atom stereocenters. The maximum Gasteiger partial charge on any atom is 0.417 e. The summed E-state index contributed by atoms with van der Waals surface area (Å²) in [5.41, 5.74) is -1.13. The number of amides is 1. The number of hydrogen-bond acceptors (Lipinski definition) is 4. The molecule has 1 amide bonds. The Hall–Kier alpha value is -3.47. The van der Waals surface area contributed by atoms with Crippen LogP contribution in [0.25, 0.3) is 11.0 Å². The number of hydrogen-bond donors (Lipinski definition) is 1. The van der Waals surface area contributed by atoms with Gasteiger partial charge in [0.25, 0.3) is 5.91 Å². The molecule has 12 heteroatoms. The van der Waals surface area contributed by atoms with Gasteiger partial charge in [0.1, 0.15) is 12.2 Å². The summed E-state index contributed by atoms with van der Waals surface area (Å²) < 4.78 is 56.7. The van der Waals surface area contributed by atoms with Gasteiger partial charge in [-0.15, -0.1) is 5.10 Å². The normalized spacial score (nSPS) is 11.8. The molecule has 0 spiro atoms. The van der Waals surface area contributed by atoms with E-state index in [4.69, 9.17) is 11.6 Å². The highest BCUT2D eigenvalue weighted by Crippen LogP contribution is 2.35. The third-order valence-electron chi connectivity index (χ3n) is 4.22. The topological polar surface area (TPSA) is 77.6 Å². The molecule has 0 saturated heterocycles. The van der Waals surface area contributed by atoms with Crippen molar-refractivity contribution >= 4 is 34.2 Å². The van der Waals surface area contributed by atoms with Crippen molar-refractivity contribution < 1.29 is 22.4 Å². The van der Waals surface area contributed by atoms with Crippen LogP contribution in [0.3, 0.4) is 0 Å². The van der Waals surface area contributed by atoms with Crippen LogP contribution < -0.4 is 5.32 Å². The molecule has 0 aliphatic rings. The molecule has 0 bridgehead atoms. The lowest BCUT2D eigenvalue weighted by atomic mass is 10.1. The Kier molecular flexibility index (Phi) is 4.90. The van der Waals surface area contributed by atoms with Gasteiger partial charge < -0.3 is 5.32 Å². The Morgan fingerprint density at radius 2 is 1.93 bits per heavy atom. The minimum Gasteiger partial charge on any atom is -0.319 e. The van der Waals surface area contributed by atoms with Crippen LogP contribution in [0.5, 0.6) is 0 Å². The fourth-order valence-corrected chi connectivity index (χ4v) is 3.02. The number of halogens is 5. The van der Waals surface area contributed by atoms with Crippen LogP contribution in [-0.2, 0) is 12.8 Å². The van der Waals surface area contributed by atoms with Gasteiger partial charge in [0.2, 0.25) is 0 Å². The lowest BCUT2D eigenvalue weighted by molar-refractivity contribution is -0.138. The molecule has 4 rings (SSSR count). The van der Waals surface area contributed by atoms with Gasteiger partial charge in [0, 0.05) is 0 Å². The fraction of sp³-hybridized carbons (Fsp3) is 0.111.